The minimum atomic E-state index is -0.591. The van der Waals surface area contributed by atoms with Gasteiger partial charge in [-0.1, -0.05) is 30.3 Å². The Labute approximate surface area is 160 Å². The van der Waals surface area contributed by atoms with Crippen LogP contribution in [-0.2, 0) is 16.1 Å². The average Bonchev–Trinajstić information content (AvgIpc) is 2.63. The topological polar surface area (TPSA) is 79.3 Å². The molecular formula is C20H30N2O5. The summed E-state index contributed by atoms with van der Waals surface area (Å²) >= 11 is 0. The molecule has 0 aliphatic carbocycles. The van der Waals surface area contributed by atoms with E-state index in [9.17, 15) is 14.7 Å². The maximum atomic E-state index is 12.4. The smallest absolute Gasteiger partial charge is 0.410 e. The molecule has 150 valence electrons. The number of rotatable bonds is 5. The maximum Gasteiger partial charge on any atom is 0.410 e. The highest BCUT2D eigenvalue weighted by atomic mass is 16.6. The summed E-state index contributed by atoms with van der Waals surface area (Å²) < 4.78 is 10.8. The second kappa shape index (κ2) is 9.60. The minimum Gasteiger partial charge on any atom is -0.445 e. The van der Waals surface area contributed by atoms with E-state index in [2.05, 4.69) is 0 Å². The Morgan fingerprint density at radius 2 is 1.81 bits per heavy atom. The third-order valence-electron chi connectivity index (χ3n) is 4.34. The van der Waals surface area contributed by atoms with Gasteiger partial charge in [0.05, 0.1) is 6.61 Å². The van der Waals surface area contributed by atoms with Gasteiger partial charge < -0.3 is 24.4 Å². The van der Waals surface area contributed by atoms with Crippen LogP contribution in [0.1, 0.15) is 39.2 Å². The van der Waals surface area contributed by atoms with E-state index in [-0.39, 0.29) is 31.9 Å². The summed E-state index contributed by atoms with van der Waals surface area (Å²) in [6, 6.07) is 9.48. The van der Waals surface area contributed by atoms with Crippen LogP contribution in [0, 0.1) is 0 Å². The van der Waals surface area contributed by atoms with Gasteiger partial charge in [-0.05, 0) is 39.2 Å². The number of likely N-dealkylation sites (tertiary alicyclic amines) is 1. The molecule has 0 saturated carbocycles. The van der Waals surface area contributed by atoms with Crippen molar-refractivity contribution in [2.24, 2.45) is 0 Å². The van der Waals surface area contributed by atoms with Gasteiger partial charge in [0, 0.05) is 25.7 Å². The van der Waals surface area contributed by atoms with Gasteiger partial charge in [0.15, 0.2) is 0 Å². The maximum absolute atomic E-state index is 12.4. The van der Waals surface area contributed by atoms with Crippen molar-refractivity contribution < 1.29 is 24.2 Å². The Morgan fingerprint density at radius 1 is 1.19 bits per heavy atom. The lowest BCUT2D eigenvalue weighted by molar-refractivity contribution is 0.00383. The normalized spacial score (nSPS) is 15.3. The molecule has 0 atom stereocenters. The van der Waals surface area contributed by atoms with Crippen LogP contribution in [0.5, 0.6) is 0 Å². The number of benzene rings is 1. The Hall–Kier alpha value is -2.28. The van der Waals surface area contributed by atoms with Crippen molar-refractivity contribution in [1.29, 1.82) is 0 Å². The summed E-state index contributed by atoms with van der Waals surface area (Å²) in [4.78, 5) is 27.9. The van der Waals surface area contributed by atoms with Crippen LogP contribution in [0.25, 0.3) is 0 Å². The Balaban J connectivity index is 1.84. The fraction of sp³-hybridized carbons (Fsp3) is 0.600. The molecule has 7 nitrogen and oxygen atoms in total. The van der Waals surface area contributed by atoms with Crippen molar-refractivity contribution in [1.82, 2.24) is 9.80 Å². The van der Waals surface area contributed by atoms with E-state index in [4.69, 9.17) is 9.47 Å². The zero-order valence-corrected chi connectivity index (χ0v) is 16.4. The predicted molar refractivity (Wildman–Crippen MR) is 101 cm³/mol. The number of nitrogens with zero attached hydrogens (tertiary/aromatic N) is 2. The lowest BCUT2D eigenvalue weighted by atomic mass is 10.0. The second-order valence-corrected chi connectivity index (χ2v) is 7.66. The van der Waals surface area contributed by atoms with Crippen molar-refractivity contribution >= 4 is 12.2 Å². The molecule has 1 fully saturated rings. The molecule has 1 aromatic rings. The lowest BCUT2D eigenvalue weighted by Gasteiger charge is -2.38. The Kier molecular flexibility index (Phi) is 7.47. The van der Waals surface area contributed by atoms with E-state index in [1.165, 1.54) is 0 Å². The SMILES string of the molecule is CC(C)(C)OC(=O)N(CCO)C1CCN(C(=O)OCc2ccccc2)CC1. The highest BCUT2D eigenvalue weighted by Crippen LogP contribution is 2.20. The molecule has 1 heterocycles. The second-order valence-electron chi connectivity index (χ2n) is 7.66. The number of piperidine rings is 1. The van der Waals surface area contributed by atoms with E-state index in [0.717, 1.165) is 5.56 Å². The molecule has 2 amide bonds. The molecule has 1 aliphatic heterocycles. The number of aliphatic hydroxyl groups excluding tert-OH is 1. The molecule has 2 rings (SSSR count). The monoisotopic (exact) mass is 378 g/mol. The number of hydrogen-bond donors (Lipinski definition) is 1. The van der Waals surface area contributed by atoms with E-state index >= 15 is 0 Å². The zero-order chi connectivity index (χ0) is 19.9. The van der Waals surface area contributed by atoms with Crippen molar-refractivity contribution in [2.45, 2.75) is 51.9 Å². The van der Waals surface area contributed by atoms with E-state index in [1.54, 1.807) is 9.80 Å². The third-order valence-corrected chi connectivity index (χ3v) is 4.34. The van der Waals surface area contributed by atoms with Gasteiger partial charge >= 0.3 is 12.2 Å². The van der Waals surface area contributed by atoms with Gasteiger partial charge in [0.2, 0.25) is 0 Å². The molecule has 7 heteroatoms. The van der Waals surface area contributed by atoms with Crippen molar-refractivity contribution in [3.05, 3.63) is 35.9 Å². The van der Waals surface area contributed by atoms with Crippen molar-refractivity contribution in [3.63, 3.8) is 0 Å². The minimum absolute atomic E-state index is 0.0647. The molecule has 1 aliphatic rings. The molecule has 1 saturated heterocycles. The van der Waals surface area contributed by atoms with E-state index < -0.39 is 11.7 Å². The van der Waals surface area contributed by atoms with Gasteiger partial charge in [-0.3, -0.25) is 0 Å². The molecule has 0 spiro atoms. The van der Waals surface area contributed by atoms with Crippen LogP contribution in [0.3, 0.4) is 0 Å². The third kappa shape index (κ3) is 6.75. The van der Waals surface area contributed by atoms with E-state index in [0.29, 0.717) is 25.9 Å². The number of ether oxygens (including phenoxy) is 2. The number of carbonyl (C=O) groups excluding carboxylic acids is 2. The summed E-state index contributed by atoms with van der Waals surface area (Å²) in [5, 5.41) is 9.30. The van der Waals surface area contributed by atoms with Crippen LogP contribution in [0.2, 0.25) is 0 Å². The summed E-state index contributed by atoms with van der Waals surface area (Å²) in [5.74, 6) is 0. The van der Waals surface area contributed by atoms with Crippen LogP contribution in [0.15, 0.2) is 30.3 Å². The Bertz CT molecular complexity index is 607. The molecule has 1 aromatic carbocycles. The molecule has 0 bridgehead atoms. The first-order valence-electron chi connectivity index (χ1n) is 9.36. The first kappa shape index (κ1) is 21.0. The van der Waals surface area contributed by atoms with Gasteiger partial charge in [-0.25, -0.2) is 9.59 Å². The quantitative estimate of drug-likeness (QED) is 0.852. The van der Waals surface area contributed by atoms with Crippen molar-refractivity contribution in [2.75, 3.05) is 26.2 Å². The van der Waals surface area contributed by atoms with Crippen molar-refractivity contribution in [3.8, 4) is 0 Å². The molecule has 27 heavy (non-hydrogen) atoms. The van der Waals surface area contributed by atoms with Gasteiger partial charge in [0.1, 0.15) is 12.2 Å². The van der Waals surface area contributed by atoms with Crippen LogP contribution in [-0.4, -0.2) is 65.0 Å². The summed E-state index contributed by atoms with van der Waals surface area (Å²) in [6.45, 7) is 6.78. The van der Waals surface area contributed by atoms with Crippen LogP contribution in [0.4, 0.5) is 9.59 Å². The summed E-state index contributed by atoms with van der Waals surface area (Å²) in [5.41, 5.74) is 0.354. The molecule has 1 N–H and O–H groups in total. The average molecular weight is 378 g/mol. The number of aliphatic hydroxyl groups is 1. The fourth-order valence-electron chi connectivity index (χ4n) is 3.02. The van der Waals surface area contributed by atoms with Gasteiger partial charge in [-0.2, -0.15) is 0 Å². The van der Waals surface area contributed by atoms with Crippen LogP contribution >= 0.6 is 0 Å². The summed E-state index contributed by atoms with van der Waals surface area (Å²) in [7, 11) is 0. The predicted octanol–water partition coefficient (Wildman–Crippen LogP) is 3.02. The highest BCUT2D eigenvalue weighted by molar-refractivity contribution is 5.69. The largest absolute Gasteiger partial charge is 0.445 e. The number of carbonyl (C=O) groups is 2. The standard InChI is InChI=1S/C20H30N2O5/c1-20(2,3)27-19(25)22(13-14-23)17-9-11-21(12-10-17)18(24)26-15-16-7-5-4-6-8-16/h4-8,17,23H,9-15H2,1-3H3. The number of hydrogen-bond acceptors (Lipinski definition) is 5. The summed E-state index contributed by atoms with van der Waals surface area (Å²) in [6.07, 6.45) is 0.476. The molecule has 0 aromatic heterocycles. The van der Waals surface area contributed by atoms with Gasteiger partial charge in [0.25, 0.3) is 0 Å². The fourth-order valence-corrected chi connectivity index (χ4v) is 3.02. The first-order valence-corrected chi connectivity index (χ1v) is 9.36. The molecular weight excluding hydrogens is 348 g/mol. The highest BCUT2D eigenvalue weighted by Gasteiger charge is 2.32. The zero-order valence-electron chi connectivity index (χ0n) is 16.4. The van der Waals surface area contributed by atoms with Gasteiger partial charge in [-0.15, -0.1) is 0 Å². The first-order chi connectivity index (χ1) is 12.8. The van der Waals surface area contributed by atoms with E-state index in [1.807, 2.05) is 51.1 Å². The Morgan fingerprint density at radius 3 is 2.37 bits per heavy atom. The number of amides is 2. The molecule has 0 unspecified atom stereocenters. The van der Waals surface area contributed by atoms with Crippen LogP contribution < -0.4 is 0 Å². The lowest BCUT2D eigenvalue weighted by Crippen LogP contribution is -2.50. The molecule has 0 radical (unpaired) electrons.